The van der Waals surface area contributed by atoms with Crippen LogP contribution in [0.5, 0.6) is 0 Å². The van der Waals surface area contributed by atoms with Gasteiger partial charge < -0.3 is 10.6 Å². The van der Waals surface area contributed by atoms with E-state index in [0.29, 0.717) is 16.7 Å². The van der Waals surface area contributed by atoms with Gasteiger partial charge in [0.25, 0.3) is 5.91 Å². The molecule has 104 valence electrons. The molecule has 2 rings (SSSR count). The third-order valence-corrected chi connectivity index (χ3v) is 4.21. The van der Waals surface area contributed by atoms with Crippen LogP contribution in [0, 0.1) is 5.92 Å². The number of nitrogens with zero attached hydrogens (tertiary/aromatic N) is 1. The van der Waals surface area contributed by atoms with E-state index in [2.05, 4.69) is 22.5 Å². The van der Waals surface area contributed by atoms with Crippen LogP contribution in [-0.4, -0.2) is 22.8 Å². The fraction of sp³-hybridized carbons (Fsp3) is 0.615. The van der Waals surface area contributed by atoms with Crippen LogP contribution in [0.2, 0.25) is 0 Å². The molecule has 0 saturated heterocycles. The second-order valence-electron chi connectivity index (χ2n) is 5.06. The number of nitrogens with one attached hydrogen (secondary N) is 2. The smallest absolute Gasteiger partial charge is 0.271 e. The average Bonchev–Trinajstić information content (AvgIpc) is 2.79. The molecule has 5 nitrogen and oxygen atoms in total. The summed E-state index contributed by atoms with van der Waals surface area (Å²) in [7, 11) is 0. The quantitative estimate of drug-likeness (QED) is 0.893. The maximum atomic E-state index is 12.1. The van der Waals surface area contributed by atoms with Crippen molar-refractivity contribution < 1.29 is 9.59 Å². The predicted octanol–water partition coefficient (Wildman–Crippen LogP) is 2.41. The van der Waals surface area contributed by atoms with Crippen molar-refractivity contribution >= 4 is 28.3 Å². The fourth-order valence-corrected chi connectivity index (χ4v) is 3.10. The van der Waals surface area contributed by atoms with Gasteiger partial charge in [-0.1, -0.05) is 19.8 Å². The maximum Gasteiger partial charge on any atom is 0.271 e. The number of carbonyl (C=O) groups excluding carboxylic acids is 2. The molecule has 19 heavy (non-hydrogen) atoms. The molecule has 6 heteroatoms. The summed E-state index contributed by atoms with van der Waals surface area (Å²) in [6.45, 7) is 3.60. The molecule has 0 unspecified atom stereocenters. The van der Waals surface area contributed by atoms with Crippen molar-refractivity contribution in [2.24, 2.45) is 5.92 Å². The maximum absolute atomic E-state index is 12.1. The highest BCUT2D eigenvalue weighted by Crippen LogP contribution is 2.24. The van der Waals surface area contributed by atoms with Crippen LogP contribution in [0.15, 0.2) is 5.38 Å². The molecule has 1 aliphatic rings. The summed E-state index contributed by atoms with van der Waals surface area (Å²) in [5, 5.41) is 7.77. The van der Waals surface area contributed by atoms with Crippen LogP contribution < -0.4 is 10.6 Å². The van der Waals surface area contributed by atoms with Gasteiger partial charge in [0, 0.05) is 18.3 Å². The Labute approximate surface area is 116 Å². The van der Waals surface area contributed by atoms with Gasteiger partial charge in [0.05, 0.1) is 0 Å². The van der Waals surface area contributed by atoms with E-state index in [0.717, 1.165) is 6.42 Å². The average molecular weight is 281 g/mol. The molecule has 1 saturated carbocycles. The summed E-state index contributed by atoms with van der Waals surface area (Å²) in [5.41, 5.74) is 0.381. The van der Waals surface area contributed by atoms with Crippen LogP contribution in [0.3, 0.4) is 0 Å². The highest BCUT2D eigenvalue weighted by molar-refractivity contribution is 7.14. The van der Waals surface area contributed by atoms with E-state index in [1.165, 1.54) is 37.5 Å². The number of hydrogen-bond donors (Lipinski definition) is 2. The molecule has 0 aliphatic heterocycles. The summed E-state index contributed by atoms with van der Waals surface area (Å²) in [4.78, 5) is 27.1. The number of anilines is 1. The normalized spacial score (nSPS) is 22.8. The van der Waals surface area contributed by atoms with E-state index in [-0.39, 0.29) is 17.9 Å². The Morgan fingerprint density at radius 1 is 1.37 bits per heavy atom. The van der Waals surface area contributed by atoms with Gasteiger partial charge in [-0.25, -0.2) is 4.98 Å². The number of rotatable bonds is 3. The third-order valence-electron chi connectivity index (χ3n) is 3.45. The number of aromatic nitrogens is 1. The van der Waals surface area contributed by atoms with E-state index in [1.807, 2.05) is 0 Å². The second-order valence-corrected chi connectivity index (χ2v) is 5.92. The summed E-state index contributed by atoms with van der Waals surface area (Å²) in [6, 6.07) is 0.243. The zero-order valence-corrected chi connectivity index (χ0v) is 12.0. The number of amides is 2. The van der Waals surface area contributed by atoms with Gasteiger partial charge in [0.15, 0.2) is 5.13 Å². The molecule has 1 aliphatic carbocycles. The SMILES string of the molecule is CC(=O)Nc1nc(C(=O)N[C@@H]2CCCC[C@H]2C)cs1. The molecule has 2 atom stereocenters. The van der Waals surface area contributed by atoms with E-state index >= 15 is 0 Å². The topological polar surface area (TPSA) is 71.1 Å². The van der Waals surface area contributed by atoms with Gasteiger partial charge in [-0.3, -0.25) is 9.59 Å². The minimum absolute atomic E-state index is 0.147. The van der Waals surface area contributed by atoms with Crippen LogP contribution in [0.1, 0.15) is 50.0 Å². The van der Waals surface area contributed by atoms with Crippen molar-refractivity contribution in [2.45, 2.75) is 45.6 Å². The molecular weight excluding hydrogens is 262 g/mol. The van der Waals surface area contributed by atoms with Crippen LogP contribution >= 0.6 is 11.3 Å². The predicted molar refractivity (Wildman–Crippen MR) is 75.3 cm³/mol. The summed E-state index contributed by atoms with van der Waals surface area (Å²) < 4.78 is 0. The molecule has 2 amide bonds. The number of hydrogen-bond acceptors (Lipinski definition) is 4. The lowest BCUT2D eigenvalue weighted by molar-refractivity contribution is -0.114. The van der Waals surface area contributed by atoms with Gasteiger partial charge in [-0.2, -0.15) is 0 Å². The molecule has 0 spiro atoms. The monoisotopic (exact) mass is 281 g/mol. The molecule has 1 heterocycles. The molecular formula is C13H19N3O2S. The lowest BCUT2D eigenvalue weighted by Crippen LogP contribution is -2.41. The fourth-order valence-electron chi connectivity index (χ4n) is 2.36. The van der Waals surface area contributed by atoms with Crippen molar-refractivity contribution in [3.63, 3.8) is 0 Å². The Morgan fingerprint density at radius 2 is 2.11 bits per heavy atom. The molecule has 0 bridgehead atoms. The minimum Gasteiger partial charge on any atom is -0.348 e. The van der Waals surface area contributed by atoms with Gasteiger partial charge in [0.2, 0.25) is 5.91 Å². The Morgan fingerprint density at radius 3 is 2.79 bits per heavy atom. The minimum atomic E-state index is -0.179. The van der Waals surface area contributed by atoms with Crippen molar-refractivity contribution in [1.82, 2.24) is 10.3 Å². The third kappa shape index (κ3) is 3.76. The van der Waals surface area contributed by atoms with Crippen molar-refractivity contribution in [1.29, 1.82) is 0 Å². The van der Waals surface area contributed by atoms with Gasteiger partial charge in [-0.05, 0) is 18.8 Å². The Hall–Kier alpha value is -1.43. The first kappa shape index (κ1) is 14.0. The zero-order valence-electron chi connectivity index (χ0n) is 11.2. The first-order valence-electron chi connectivity index (χ1n) is 6.60. The van der Waals surface area contributed by atoms with E-state index in [1.54, 1.807) is 5.38 Å². The van der Waals surface area contributed by atoms with E-state index in [4.69, 9.17) is 0 Å². The van der Waals surface area contributed by atoms with Crippen LogP contribution in [0.25, 0.3) is 0 Å². The molecule has 0 aromatic carbocycles. The highest BCUT2D eigenvalue weighted by atomic mass is 32.1. The first-order valence-corrected chi connectivity index (χ1v) is 7.48. The van der Waals surface area contributed by atoms with E-state index < -0.39 is 0 Å². The number of carbonyl (C=O) groups is 2. The summed E-state index contributed by atoms with van der Waals surface area (Å²) in [5.74, 6) is 0.194. The molecule has 1 aromatic heterocycles. The van der Waals surface area contributed by atoms with Crippen LogP contribution in [-0.2, 0) is 4.79 Å². The van der Waals surface area contributed by atoms with Gasteiger partial charge >= 0.3 is 0 Å². The van der Waals surface area contributed by atoms with Gasteiger partial charge in [0.1, 0.15) is 5.69 Å². The molecule has 1 fully saturated rings. The molecule has 2 N–H and O–H groups in total. The molecule has 1 aromatic rings. The zero-order chi connectivity index (χ0) is 13.8. The summed E-state index contributed by atoms with van der Waals surface area (Å²) in [6.07, 6.45) is 4.62. The van der Waals surface area contributed by atoms with Crippen molar-refractivity contribution in [3.05, 3.63) is 11.1 Å². The second kappa shape index (κ2) is 6.14. The van der Waals surface area contributed by atoms with Crippen LogP contribution in [0.4, 0.5) is 5.13 Å². The highest BCUT2D eigenvalue weighted by Gasteiger charge is 2.24. The van der Waals surface area contributed by atoms with Crippen molar-refractivity contribution in [3.8, 4) is 0 Å². The first-order chi connectivity index (χ1) is 9.06. The standard InChI is InChI=1S/C13H19N3O2S/c1-8-5-3-4-6-10(8)15-12(18)11-7-19-13(16-11)14-9(2)17/h7-8,10H,3-6H2,1-2H3,(H,15,18)(H,14,16,17)/t8-,10-/m1/s1. The summed E-state index contributed by atoms with van der Waals surface area (Å²) >= 11 is 1.27. The Kier molecular flexibility index (Phi) is 4.52. The largest absolute Gasteiger partial charge is 0.348 e. The van der Waals surface area contributed by atoms with Crippen molar-refractivity contribution in [2.75, 3.05) is 5.32 Å². The van der Waals surface area contributed by atoms with E-state index in [9.17, 15) is 9.59 Å². The lowest BCUT2D eigenvalue weighted by Gasteiger charge is -2.29. The molecule has 0 radical (unpaired) electrons. The number of thiazole rings is 1. The van der Waals surface area contributed by atoms with Gasteiger partial charge in [-0.15, -0.1) is 11.3 Å². The Balaban J connectivity index is 1.95. The Bertz CT molecular complexity index is 472. The lowest BCUT2D eigenvalue weighted by atomic mass is 9.86.